The van der Waals surface area contributed by atoms with Gasteiger partial charge in [-0.2, -0.15) is 0 Å². The van der Waals surface area contributed by atoms with E-state index in [9.17, 15) is 8.42 Å². The number of rotatable bonds is 3. The van der Waals surface area contributed by atoms with E-state index in [1.807, 2.05) is 20.9 Å². The summed E-state index contributed by atoms with van der Waals surface area (Å²) in [6, 6.07) is 0. The molecule has 0 bridgehead atoms. The van der Waals surface area contributed by atoms with Gasteiger partial charge < -0.3 is 5.32 Å². The SMILES string of the molecule is CNC(C)(C)CN1CCCCS1(=O)=O. The summed E-state index contributed by atoms with van der Waals surface area (Å²) in [4.78, 5) is 0. The summed E-state index contributed by atoms with van der Waals surface area (Å²) in [6.07, 6.45) is 1.79. The summed E-state index contributed by atoms with van der Waals surface area (Å²) < 4.78 is 25.0. The van der Waals surface area contributed by atoms with Crippen LogP contribution in [0.3, 0.4) is 0 Å². The van der Waals surface area contributed by atoms with E-state index in [-0.39, 0.29) is 5.54 Å². The fraction of sp³-hybridized carbons (Fsp3) is 1.00. The van der Waals surface area contributed by atoms with Crippen LogP contribution in [-0.4, -0.2) is 44.2 Å². The average Bonchev–Trinajstić information content (AvgIpc) is 2.09. The third-order valence-electron chi connectivity index (χ3n) is 2.70. The van der Waals surface area contributed by atoms with Crippen LogP contribution < -0.4 is 5.32 Å². The van der Waals surface area contributed by atoms with Gasteiger partial charge in [0.15, 0.2) is 0 Å². The Kier molecular flexibility index (Phi) is 3.55. The van der Waals surface area contributed by atoms with E-state index in [1.54, 1.807) is 4.31 Å². The van der Waals surface area contributed by atoms with E-state index in [1.165, 1.54) is 0 Å². The molecule has 0 aliphatic carbocycles. The molecule has 5 heteroatoms. The van der Waals surface area contributed by atoms with Crippen molar-refractivity contribution >= 4 is 10.0 Å². The molecular formula is C9H20N2O2S. The van der Waals surface area contributed by atoms with Crippen LogP contribution >= 0.6 is 0 Å². The normalized spacial score (nSPS) is 23.6. The zero-order valence-corrected chi connectivity index (χ0v) is 10.0. The molecule has 0 atom stereocenters. The molecule has 0 aromatic rings. The monoisotopic (exact) mass is 220 g/mol. The summed E-state index contributed by atoms with van der Waals surface area (Å²) in [7, 11) is -1.12. The predicted octanol–water partition coefficient (Wildman–Crippen LogP) is 0.410. The van der Waals surface area contributed by atoms with Crippen molar-refractivity contribution in [3.8, 4) is 0 Å². The summed E-state index contributed by atoms with van der Waals surface area (Å²) in [5.74, 6) is 0.312. The average molecular weight is 220 g/mol. The van der Waals surface area contributed by atoms with Crippen molar-refractivity contribution in [2.75, 3.05) is 25.9 Å². The van der Waals surface area contributed by atoms with Crippen molar-refractivity contribution in [2.45, 2.75) is 32.2 Å². The maximum absolute atomic E-state index is 11.7. The third-order valence-corrected chi connectivity index (χ3v) is 4.60. The fourth-order valence-electron chi connectivity index (χ4n) is 1.54. The molecule has 0 unspecified atom stereocenters. The second kappa shape index (κ2) is 4.16. The Hall–Kier alpha value is -0.130. The summed E-state index contributed by atoms with van der Waals surface area (Å²) in [5.41, 5.74) is -0.148. The Balaban J connectivity index is 2.68. The first-order chi connectivity index (χ1) is 6.37. The van der Waals surface area contributed by atoms with Crippen LogP contribution in [0.15, 0.2) is 0 Å². The van der Waals surface area contributed by atoms with Gasteiger partial charge >= 0.3 is 0 Å². The molecule has 1 aliphatic rings. The van der Waals surface area contributed by atoms with Crippen molar-refractivity contribution in [1.82, 2.24) is 9.62 Å². The van der Waals surface area contributed by atoms with Gasteiger partial charge in [-0.15, -0.1) is 0 Å². The highest BCUT2D eigenvalue weighted by atomic mass is 32.2. The number of likely N-dealkylation sites (N-methyl/N-ethyl adjacent to an activating group) is 1. The van der Waals surface area contributed by atoms with Crippen LogP contribution in [0, 0.1) is 0 Å². The van der Waals surface area contributed by atoms with Crippen molar-refractivity contribution in [3.05, 3.63) is 0 Å². The smallest absolute Gasteiger partial charge is 0.214 e. The van der Waals surface area contributed by atoms with E-state index in [4.69, 9.17) is 0 Å². The van der Waals surface area contributed by atoms with E-state index in [0.717, 1.165) is 12.8 Å². The number of nitrogens with one attached hydrogen (secondary N) is 1. The first-order valence-electron chi connectivity index (χ1n) is 5.04. The maximum Gasteiger partial charge on any atom is 0.214 e. The molecule has 1 rings (SSSR count). The van der Waals surface area contributed by atoms with Crippen molar-refractivity contribution in [1.29, 1.82) is 0 Å². The Morgan fingerprint density at radius 1 is 1.36 bits per heavy atom. The topological polar surface area (TPSA) is 49.4 Å². The van der Waals surface area contributed by atoms with Gasteiger partial charge in [-0.05, 0) is 33.7 Å². The molecule has 4 nitrogen and oxygen atoms in total. The van der Waals surface area contributed by atoms with Gasteiger partial charge in [0.2, 0.25) is 10.0 Å². The third kappa shape index (κ3) is 2.93. The van der Waals surface area contributed by atoms with E-state index < -0.39 is 10.0 Å². The van der Waals surface area contributed by atoms with Crippen LogP contribution in [0.25, 0.3) is 0 Å². The molecule has 1 aliphatic heterocycles. The molecule has 0 saturated carbocycles. The van der Waals surface area contributed by atoms with Crippen molar-refractivity contribution in [2.24, 2.45) is 0 Å². The second-order valence-corrected chi connectivity index (χ2v) is 6.58. The Morgan fingerprint density at radius 3 is 2.50 bits per heavy atom. The van der Waals surface area contributed by atoms with E-state index in [0.29, 0.717) is 18.8 Å². The van der Waals surface area contributed by atoms with Gasteiger partial charge in [0, 0.05) is 18.6 Å². The Labute approximate surface area is 86.7 Å². The maximum atomic E-state index is 11.7. The molecular weight excluding hydrogens is 200 g/mol. The summed E-state index contributed by atoms with van der Waals surface area (Å²) in [6.45, 7) is 5.26. The first kappa shape index (κ1) is 11.9. The highest BCUT2D eigenvalue weighted by molar-refractivity contribution is 7.89. The van der Waals surface area contributed by atoms with Crippen LogP contribution in [-0.2, 0) is 10.0 Å². The van der Waals surface area contributed by atoms with Gasteiger partial charge in [0.25, 0.3) is 0 Å². The molecule has 84 valence electrons. The minimum atomic E-state index is -2.97. The van der Waals surface area contributed by atoms with E-state index >= 15 is 0 Å². The standard InChI is InChI=1S/C9H20N2O2S/c1-9(2,10-3)8-11-6-4-5-7-14(11,12)13/h10H,4-8H2,1-3H3. The lowest BCUT2D eigenvalue weighted by Crippen LogP contribution is -2.51. The lowest BCUT2D eigenvalue weighted by atomic mass is 10.1. The fourth-order valence-corrected chi connectivity index (χ4v) is 3.29. The second-order valence-electron chi connectivity index (χ2n) is 4.49. The summed E-state index contributed by atoms with van der Waals surface area (Å²) >= 11 is 0. The zero-order valence-electron chi connectivity index (χ0n) is 9.21. The van der Waals surface area contributed by atoms with Crippen LogP contribution in [0.5, 0.6) is 0 Å². The largest absolute Gasteiger partial charge is 0.314 e. The van der Waals surface area contributed by atoms with Gasteiger partial charge in [-0.3, -0.25) is 0 Å². The molecule has 1 heterocycles. The molecule has 0 aromatic carbocycles. The highest BCUT2D eigenvalue weighted by Crippen LogP contribution is 2.16. The first-order valence-corrected chi connectivity index (χ1v) is 6.65. The van der Waals surface area contributed by atoms with E-state index in [2.05, 4.69) is 5.32 Å². The highest BCUT2D eigenvalue weighted by Gasteiger charge is 2.30. The van der Waals surface area contributed by atoms with Crippen molar-refractivity contribution < 1.29 is 8.42 Å². The number of nitrogens with zero attached hydrogens (tertiary/aromatic N) is 1. The molecule has 0 amide bonds. The Morgan fingerprint density at radius 2 is 2.00 bits per heavy atom. The van der Waals surface area contributed by atoms with Gasteiger partial charge in [-0.25, -0.2) is 12.7 Å². The summed E-state index contributed by atoms with van der Waals surface area (Å²) in [5, 5.41) is 3.12. The number of sulfonamides is 1. The molecule has 14 heavy (non-hydrogen) atoms. The lowest BCUT2D eigenvalue weighted by Gasteiger charge is -2.33. The minimum absolute atomic E-state index is 0.148. The van der Waals surface area contributed by atoms with Crippen molar-refractivity contribution in [3.63, 3.8) is 0 Å². The molecule has 1 fully saturated rings. The van der Waals surface area contributed by atoms with Gasteiger partial charge in [0.1, 0.15) is 0 Å². The molecule has 1 saturated heterocycles. The van der Waals surface area contributed by atoms with Gasteiger partial charge in [-0.1, -0.05) is 0 Å². The molecule has 0 aromatic heterocycles. The Bertz CT molecular complexity index is 285. The number of hydrogen-bond donors (Lipinski definition) is 1. The quantitative estimate of drug-likeness (QED) is 0.749. The molecule has 0 spiro atoms. The molecule has 1 N–H and O–H groups in total. The van der Waals surface area contributed by atoms with Crippen LogP contribution in [0.1, 0.15) is 26.7 Å². The van der Waals surface area contributed by atoms with Crippen LogP contribution in [0.4, 0.5) is 0 Å². The number of hydrogen-bond acceptors (Lipinski definition) is 3. The predicted molar refractivity (Wildman–Crippen MR) is 57.7 cm³/mol. The lowest BCUT2D eigenvalue weighted by molar-refractivity contribution is 0.288. The zero-order chi connectivity index (χ0) is 10.8. The minimum Gasteiger partial charge on any atom is -0.314 e. The van der Waals surface area contributed by atoms with Gasteiger partial charge in [0.05, 0.1) is 5.75 Å². The molecule has 0 radical (unpaired) electrons. The van der Waals surface area contributed by atoms with Crippen LogP contribution in [0.2, 0.25) is 0 Å².